The zero-order valence-corrected chi connectivity index (χ0v) is 9.84. The SMILES string of the molecule is COc1cccc(OC)c1-c1nnc(C)nn1. The fraction of sp³-hybridized carbons (Fsp3) is 0.273. The molecule has 0 bridgehead atoms. The molecule has 6 nitrogen and oxygen atoms in total. The van der Waals surface area contributed by atoms with E-state index in [-0.39, 0.29) is 0 Å². The standard InChI is InChI=1S/C11H12N4O2/c1-7-12-14-11(15-13-7)10-8(16-2)5-4-6-9(10)17-3/h4-6H,1-3H3. The van der Waals surface area contributed by atoms with Crippen LogP contribution in [-0.4, -0.2) is 34.6 Å². The van der Waals surface area contributed by atoms with E-state index in [2.05, 4.69) is 20.4 Å². The van der Waals surface area contributed by atoms with Gasteiger partial charge in [-0.1, -0.05) is 6.07 Å². The number of aryl methyl sites for hydroxylation is 1. The van der Waals surface area contributed by atoms with Gasteiger partial charge in [0.25, 0.3) is 0 Å². The molecular formula is C11H12N4O2. The van der Waals surface area contributed by atoms with Crippen molar-refractivity contribution in [3.63, 3.8) is 0 Å². The second kappa shape index (κ2) is 4.73. The van der Waals surface area contributed by atoms with Gasteiger partial charge < -0.3 is 9.47 Å². The Morgan fingerprint density at radius 3 is 1.88 bits per heavy atom. The Kier molecular flexibility index (Phi) is 3.13. The second-order valence-corrected chi connectivity index (χ2v) is 3.31. The summed E-state index contributed by atoms with van der Waals surface area (Å²) in [5, 5.41) is 15.7. The van der Waals surface area contributed by atoms with E-state index in [0.29, 0.717) is 28.7 Å². The first-order valence-corrected chi connectivity index (χ1v) is 5.01. The number of rotatable bonds is 3. The van der Waals surface area contributed by atoms with Crippen molar-refractivity contribution in [1.29, 1.82) is 0 Å². The minimum atomic E-state index is 0.380. The highest BCUT2D eigenvalue weighted by Crippen LogP contribution is 2.35. The van der Waals surface area contributed by atoms with E-state index in [4.69, 9.17) is 9.47 Å². The van der Waals surface area contributed by atoms with Gasteiger partial charge in [-0.25, -0.2) is 0 Å². The molecule has 2 aromatic rings. The van der Waals surface area contributed by atoms with Crippen molar-refractivity contribution >= 4 is 0 Å². The topological polar surface area (TPSA) is 70.0 Å². The lowest BCUT2D eigenvalue weighted by molar-refractivity contribution is 0.396. The van der Waals surface area contributed by atoms with Crippen LogP contribution in [0.25, 0.3) is 11.4 Å². The van der Waals surface area contributed by atoms with Crippen LogP contribution < -0.4 is 9.47 Å². The van der Waals surface area contributed by atoms with Crippen molar-refractivity contribution in [2.24, 2.45) is 0 Å². The minimum absolute atomic E-state index is 0.380. The summed E-state index contributed by atoms with van der Waals surface area (Å²) in [5.74, 6) is 2.14. The van der Waals surface area contributed by atoms with Crippen LogP contribution in [0.5, 0.6) is 11.5 Å². The zero-order chi connectivity index (χ0) is 12.3. The van der Waals surface area contributed by atoms with Crippen LogP contribution >= 0.6 is 0 Å². The van der Waals surface area contributed by atoms with E-state index in [9.17, 15) is 0 Å². The third kappa shape index (κ3) is 2.15. The third-order valence-corrected chi connectivity index (χ3v) is 2.23. The Balaban J connectivity index is 2.59. The van der Waals surface area contributed by atoms with Gasteiger partial charge >= 0.3 is 0 Å². The normalized spacial score (nSPS) is 10.1. The summed E-state index contributed by atoms with van der Waals surface area (Å²) >= 11 is 0. The molecular weight excluding hydrogens is 220 g/mol. The molecule has 88 valence electrons. The van der Waals surface area contributed by atoms with E-state index in [1.165, 1.54) is 0 Å². The number of ether oxygens (including phenoxy) is 2. The van der Waals surface area contributed by atoms with Gasteiger partial charge in [-0.15, -0.1) is 20.4 Å². The van der Waals surface area contributed by atoms with Gasteiger partial charge in [0.2, 0.25) is 5.82 Å². The highest BCUT2D eigenvalue weighted by Gasteiger charge is 2.15. The summed E-state index contributed by atoms with van der Waals surface area (Å²) in [6.45, 7) is 1.73. The first-order chi connectivity index (χ1) is 8.26. The third-order valence-electron chi connectivity index (χ3n) is 2.23. The van der Waals surface area contributed by atoms with Crippen LogP contribution in [0, 0.1) is 6.92 Å². The first-order valence-electron chi connectivity index (χ1n) is 5.01. The Morgan fingerprint density at radius 1 is 0.882 bits per heavy atom. The number of benzene rings is 1. The predicted molar refractivity (Wildman–Crippen MR) is 60.9 cm³/mol. The molecule has 1 aromatic heterocycles. The molecule has 0 saturated carbocycles. The molecule has 0 N–H and O–H groups in total. The molecule has 1 aromatic carbocycles. The van der Waals surface area contributed by atoms with Crippen molar-refractivity contribution in [3.8, 4) is 22.9 Å². The van der Waals surface area contributed by atoms with Crippen molar-refractivity contribution in [2.75, 3.05) is 14.2 Å². The quantitative estimate of drug-likeness (QED) is 0.793. The van der Waals surface area contributed by atoms with E-state index >= 15 is 0 Å². The van der Waals surface area contributed by atoms with E-state index in [1.54, 1.807) is 33.3 Å². The lowest BCUT2D eigenvalue weighted by Crippen LogP contribution is -2.01. The van der Waals surface area contributed by atoms with Crippen LogP contribution in [-0.2, 0) is 0 Å². The van der Waals surface area contributed by atoms with Crippen molar-refractivity contribution in [3.05, 3.63) is 24.0 Å². The maximum Gasteiger partial charge on any atom is 0.211 e. The molecule has 0 saturated heterocycles. The molecule has 17 heavy (non-hydrogen) atoms. The molecule has 0 atom stereocenters. The van der Waals surface area contributed by atoms with Gasteiger partial charge in [0.05, 0.1) is 14.2 Å². The highest BCUT2D eigenvalue weighted by molar-refractivity contribution is 5.71. The van der Waals surface area contributed by atoms with Crippen molar-refractivity contribution in [1.82, 2.24) is 20.4 Å². The van der Waals surface area contributed by atoms with E-state index in [1.807, 2.05) is 6.07 Å². The average Bonchev–Trinajstić information content (AvgIpc) is 2.38. The van der Waals surface area contributed by atoms with Gasteiger partial charge in [-0.2, -0.15) is 0 Å². The van der Waals surface area contributed by atoms with Crippen LogP contribution in [0.4, 0.5) is 0 Å². The second-order valence-electron chi connectivity index (χ2n) is 3.31. The maximum atomic E-state index is 5.26. The van der Waals surface area contributed by atoms with Crippen LogP contribution in [0.1, 0.15) is 5.82 Å². The molecule has 6 heteroatoms. The van der Waals surface area contributed by atoms with Gasteiger partial charge in [0.1, 0.15) is 17.1 Å². The predicted octanol–water partition coefficient (Wildman–Crippen LogP) is 1.26. The fourth-order valence-electron chi connectivity index (χ4n) is 1.45. The minimum Gasteiger partial charge on any atom is -0.496 e. The van der Waals surface area contributed by atoms with Crippen molar-refractivity contribution in [2.45, 2.75) is 6.92 Å². The Bertz CT molecular complexity index is 491. The largest absolute Gasteiger partial charge is 0.496 e. The molecule has 0 aliphatic carbocycles. The summed E-state index contributed by atoms with van der Waals surface area (Å²) in [5.41, 5.74) is 0.650. The molecule has 0 unspecified atom stereocenters. The van der Waals surface area contributed by atoms with Crippen LogP contribution in [0.3, 0.4) is 0 Å². The smallest absolute Gasteiger partial charge is 0.211 e. The first kappa shape index (κ1) is 11.3. The zero-order valence-electron chi connectivity index (χ0n) is 9.84. The van der Waals surface area contributed by atoms with E-state index in [0.717, 1.165) is 0 Å². The molecule has 1 heterocycles. The Labute approximate surface area is 98.6 Å². The number of hydrogen-bond donors (Lipinski definition) is 0. The molecule has 0 amide bonds. The monoisotopic (exact) mass is 232 g/mol. The number of hydrogen-bond acceptors (Lipinski definition) is 6. The Hall–Kier alpha value is -2.24. The molecule has 2 rings (SSSR count). The van der Waals surface area contributed by atoms with Gasteiger partial charge in [-0.05, 0) is 19.1 Å². The molecule has 0 spiro atoms. The molecule has 0 aliphatic heterocycles. The molecule has 0 aliphatic rings. The molecule has 0 fully saturated rings. The summed E-state index contributed by atoms with van der Waals surface area (Å²) in [4.78, 5) is 0. The molecule has 0 radical (unpaired) electrons. The van der Waals surface area contributed by atoms with E-state index < -0.39 is 0 Å². The fourth-order valence-corrected chi connectivity index (χ4v) is 1.45. The van der Waals surface area contributed by atoms with Gasteiger partial charge in [0.15, 0.2) is 5.82 Å². The average molecular weight is 232 g/mol. The number of aromatic nitrogens is 4. The summed E-state index contributed by atoms with van der Waals surface area (Å²) in [6, 6.07) is 5.44. The summed E-state index contributed by atoms with van der Waals surface area (Å²) in [6.07, 6.45) is 0. The van der Waals surface area contributed by atoms with Crippen molar-refractivity contribution < 1.29 is 9.47 Å². The highest BCUT2D eigenvalue weighted by atomic mass is 16.5. The lowest BCUT2D eigenvalue weighted by Gasteiger charge is -2.10. The van der Waals surface area contributed by atoms with Gasteiger partial charge in [-0.3, -0.25) is 0 Å². The number of methoxy groups -OCH3 is 2. The maximum absolute atomic E-state index is 5.26. The van der Waals surface area contributed by atoms with Crippen LogP contribution in [0.2, 0.25) is 0 Å². The Morgan fingerprint density at radius 2 is 1.41 bits per heavy atom. The summed E-state index contributed by atoms with van der Waals surface area (Å²) in [7, 11) is 3.15. The summed E-state index contributed by atoms with van der Waals surface area (Å²) < 4.78 is 10.5. The number of nitrogens with zero attached hydrogens (tertiary/aromatic N) is 4. The van der Waals surface area contributed by atoms with Crippen LogP contribution in [0.15, 0.2) is 18.2 Å². The van der Waals surface area contributed by atoms with Gasteiger partial charge in [0, 0.05) is 0 Å². The lowest BCUT2D eigenvalue weighted by atomic mass is 10.1.